The summed E-state index contributed by atoms with van der Waals surface area (Å²) in [4.78, 5) is 30.7. The second-order valence-electron chi connectivity index (χ2n) is 10.6. The molecule has 0 aromatic heterocycles. The van der Waals surface area contributed by atoms with Crippen LogP contribution < -0.4 is 5.32 Å². The van der Waals surface area contributed by atoms with Crippen LogP contribution in [-0.2, 0) is 16.2 Å². The van der Waals surface area contributed by atoms with Crippen LogP contribution in [-0.4, -0.2) is 58.4 Å². The van der Waals surface area contributed by atoms with Crippen molar-refractivity contribution in [2.24, 2.45) is 29.1 Å². The van der Waals surface area contributed by atoms with Crippen LogP contribution in [0, 0.1) is 29.1 Å². The molecular formula is C25H36N2O5. The van der Waals surface area contributed by atoms with E-state index in [4.69, 9.17) is 4.84 Å². The largest absolute Gasteiger partial charge is 0.394 e. The molecule has 5 rings (SSSR count). The zero-order chi connectivity index (χ0) is 23.2. The van der Waals surface area contributed by atoms with E-state index in [2.05, 4.69) is 26.1 Å². The standard InChI is InChI=1S/C25H36N2O5/c1-14-19-9-18(25(19,3)4)10-20(14)26-24(31)23-22(15(2)30)21(13-29)32-27(23)11-16-6-5-7-17(8-16)12-28/h5-8,12,14-15,18-23,29-30H,9-11,13H2,1-4H3,(H,26,31)/t14-,15-,18-,19+,20?,21-,22+,23-/m0/s1. The van der Waals surface area contributed by atoms with Crippen molar-refractivity contribution in [3.63, 3.8) is 0 Å². The van der Waals surface area contributed by atoms with Crippen molar-refractivity contribution in [1.82, 2.24) is 10.4 Å². The van der Waals surface area contributed by atoms with E-state index in [1.54, 1.807) is 30.2 Å². The first-order valence-electron chi connectivity index (χ1n) is 11.7. The monoisotopic (exact) mass is 444 g/mol. The maximum Gasteiger partial charge on any atom is 0.240 e. The lowest BCUT2D eigenvalue weighted by atomic mass is 9.45. The third-order valence-corrected chi connectivity index (χ3v) is 8.49. The second kappa shape index (κ2) is 8.86. The zero-order valence-corrected chi connectivity index (χ0v) is 19.4. The number of hydrogen-bond donors (Lipinski definition) is 3. The molecule has 0 radical (unpaired) electrons. The van der Waals surface area contributed by atoms with Crippen molar-refractivity contribution in [3.8, 4) is 0 Å². The number of nitrogens with zero attached hydrogens (tertiary/aromatic N) is 1. The third-order valence-electron chi connectivity index (χ3n) is 8.49. The molecular weight excluding hydrogens is 408 g/mol. The molecule has 0 spiro atoms. The topological polar surface area (TPSA) is 99.1 Å². The number of aliphatic hydroxyl groups excluding tert-OH is 2. The highest BCUT2D eigenvalue weighted by Crippen LogP contribution is 2.61. The number of hydroxylamine groups is 2. The molecule has 176 valence electrons. The first-order valence-corrected chi connectivity index (χ1v) is 11.7. The summed E-state index contributed by atoms with van der Waals surface area (Å²) >= 11 is 0. The number of nitrogens with one attached hydrogen (secondary N) is 1. The minimum absolute atomic E-state index is 0.0994. The van der Waals surface area contributed by atoms with E-state index >= 15 is 0 Å². The summed E-state index contributed by atoms with van der Waals surface area (Å²) in [6.45, 7) is 8.50. The Kier molecular flexibility index (Phi) is 6.47. The van der Waals surface area contributed by atoms with E-state index < -0.39 is 24.2 Å². The molecule has 2 bridgehead atoms. The molecule has 3 aliphatic carbocycles. The molecule has 3 N–H and O–H groups in total. The van der Waals surface area contributed by atoms with Crippen molar-refractivity contribution in [2.45, 2.75) is 71.4 Å². The molecule has 32 heavy (non-hydrogen) atoms. The molecule has 4 aliphatic rings. The third kappa shape index (κ3) is 4.00. The summed E-state index contributed by atoms with van der Waals surface area (Å²) in [5.74, 6) is 0.881. The number of hydrogen-bond acceptors (Lipinski definition) is 6. The molecule has 1 aromatic carbocycles. The summed E-state index contributed by atoms with van der Waals surface area (Å²) < 4.78 is 0. The molecule has 8 atom stereocenters. The average Bonchev–Trinajstić information content (AvgIpc) is 3.13. The van der Waals surface area contributed by atoms with Gasteiger partial charge in [-0.15, -0.1) is 0 Å². The molecule has 1 amide bonds. The summed E-state index contributed by atoms with van der Waals surface area (Å²) in [7, 11) is 0. The smallest absolute Gasteiger partial charge is 0.240 e. The predicted molar refractivity (Wildman–Crippen MR) is 119 cm³/mol. The van der Waals surface area contributed by atoms with E-state index in [-0.39, 0.29) is 25.1 Å². The van der Waals surface area contributed by atoms with Gasteiger partial charge in [0.15, 0.2) is 0 Å². The van der Waals surface area contributed by atoms with Gasteiger partial charge in [0.1, 0.15) is 18.4 Å². The van der Waals surface area contributed by atoms with Gasteiger partial charge in [0.2, 0.25) is 5.91 Å². The number of aliphatic hydroxyl groups is 2. The van der Waals surface area contributed by atoms with Crippen molar-refractivity contribution < 1.29 is 24.6 Å². The van der Waals surface area contributed by atoms with Crippen molar-refractivity contribution in [2.75, 3.05) is 6.61 Å². The Balaban J connectivity index is 1.54. The molecule has 3 saturated carbocycles. The van der Waals surface area contributed by atoms with Gasteiger partial charge < -0.3 is 15.5 Å². The maximum atomic E-state index is 13.6. The zero-order valence-electron chi connectivity index (χ0n) is 19.4. The van der Waals surface area contributed by atoms with Gasteiger partial charge in [-0.25, -0.2) is 0 Å². The van der Waals surface area contributed by atoms with Gasteiger partial charge in [-0.1, -0.05) is 39.0 Å². The van der Waals surface area contributed by atoms with Gasteiger partial charge in [-0.2, -0.15) is 5.06 Å². The van der Waals surface area contributed by atoms with Crippen LogP contribution in [0.1, 0.15) is 56.5 Å². The SMILES string of the molecule is C[C@H](O)[C@@H]1[C@H](CO)ON(Cc2cccc(C=O)c2)[C@@H]1C(=O)NC1C[C@@H]2C[C@H]([C@@H]1C)C2(C)C. The Morgan fingerprint density at radius 2 is 2.12 bits per heavy atom. The number of aldehydes is 1. The van der Waals surface area contributed by atoms with Crippen molar-refractivity contribution >= 4 is 12.2 Å². The van der Waals surface area contributed by atoms with Crippen LogP contribution in [0.3, 0.4) is 0 Å². The molecule has 4 fully saturated rings. The Hall–Kier alpha value is -1.80. The van der Waals surface area contributed by atoms with Crippen LogP contribution in [0.5, 0.6) is 0 Å². The lowest BCUT2D eigenvalue weighted by Gasteiger charge is -2.62. The van der Waals surface area contributed by atoms with Crippen LogP contribution in [0.15, 0.2) is 24.3 Å². The lowest BCUT2D eigenvalue weighted by Crippen LogP contribution is -2.62. The molecule has 7 heteroatoms. The number of rotatable bonds is 7. The highest BCUT2D eigenvalue weighted by atomic mass is 16.7. The summed E-state index contributed by atoms with van der Waals surface area (Å²) in [6, 6.07) is 6.50. The van der Waals surface area contributed by atoms with Crippen molar-refractivity contribution in [3.05, 3.63) is 35.4 Å². The van der Waals surface area contributed by atoms with Gasteiger partial charge in [-0.05, 0) is 54.6 Å². The Labute approximate surface area is 190 Å². The highest BCUT2D eigenvalue weighted by Gasteiger charge is 2.57. The minimum atomic E-state index is -0.828. The first-order chi connectivity index (χ1) is 15.2. The fourth-order valence-corrected chi connectivity index (χ4v) is 6.43. The summed E-state index contributed by atoms with van der Waals surface area (Å²) in [5.41, 5.74) is 1.70. The quantitative estimate of drug-likeness (QED) is 0.558. The summed E-state index contributed by atoms with van der Waals surface area (Å²) in [5, 5.41) is 25.2. The molecule has 1 unspecified atom stereocenters. The molecule has 1 aromatic rings. The number of carbonyl (C=O) groups excluding carboxylic acids is 2. The number of fused-ring (bicyclic) bond motifs is 2. The Bertz CT molecular complexity index is 856. The normalized spacial score (nSPS) is 36.9. The summed E-state index contributed by atoms with van der Waals surface area (Å²) in [6.07, 6.45) is 1.48. The highest BCUT2D eigenvalue weighted by molar-refractivity contribution is 5.83. The van der Waals surface area contributed by atoms with Crippen LogP contribution in [0.4, 0.5) is 0 Å². The molecule has 1 saturated heterocycles. The van der Waals surface area contributed by atoms with Gasteiger partial charge in [-0.3, -0.25) is 14.4 Å². The van der Waals surface area contributed by atoms with Crippen LogP contribution >= 0.6 is 0 Å². The van der Waals surface area contributed by atoms with E-state index in [9.17, 15) is 19.8 Å². The van der Waals surface area contributed by atoms with E-state index in [1.165, 1.54) is 6.42 Å². The fourth-order valence-electron chi connectivity index (χ4n) is 6.43. The first kappa shape index (κ1) is 23.4. The number of amides is 1. The number of carbonyl (C=O) groups is 2. The van der Waals surface area contributed by atoms with Crippen LogP contribution in [0.2, 0.25) is 0 Å². The lowest BCUT2D eigenvalue weighted by molar-refractivity contribution is -0.183. The molecule has 7 nitrogen and oxygen atoms in total. The maximum absolute atomic E-state index is 13.6. The molecule has 1 aliphatic heterocycles. The fraction of sp³-hybridized carbons (Fsp3) is 0.680. The molecule has 1 heterocycles. The van der Waals surface area contributed by atoms with Gasteiger partial charge >= 0.3 is 0 Å². The van der Waals surface area contributed by atoms with Gasteiger partial charge in [0.05, 0.1) is 19.3 Å². The predicted octanol–water partition coefficient (Wildman–Crippen LogP) is 2.16. The van der Waals surface area contributed by atoms with Gasteiger partial charge in [0, 0.05) is 17.5 Å². The Morgan fingerprint density at radius 3 is 2.72 bits per heavy atom. The number of benzene rings is 1. The second-order valence-corrected chi connectivity index (χ2v) is 10.6. The van der Waals surface area contributed by atoms with Crippen molar-refractivity contribution in [1.29, 1.82) is 0 Å². The van der Waals surface area contributed by atoms with Gasteiger partial charge in [0.25, 0.3) is 0 Å². The van der Waals surface area contributed by atoms with E-state index in [1.807, 2.05) is 6.07 Å². The average molecular weight is 445 g/mol. The Morgan fingerprint density at radius 1 is 1.38 bits per heavy atom. The van der Waals surface area contributed by atoms with E-state index in [0.717, 1.165) is 18.3 Å². The van der Waals surface area contributed by atoms with Crippen LogP contribution in [0.25, 0.3) is 0 Å². The minimum Gasteiger partial charge on any atom is -0.394 e. The van der Waals surface area contributed by atoms with E-state index in [0.29, 0.717) is 28.7 Å².